The zero-order chi connectivity index (χ0) is 18.4. The molecule has 0 radical (unpaired) electrons. The first kappa shape index (κ1) is 16.2. The summed E-state index contributed by atoms with van der Waals surface area (Å²) in [5.74, 6) is 1.78. The Bertz CT molecular complexity index is 1100. The second-order valence-corrected chi connectivity index (χ2v) is 7.12. The Morgan fingerprint density at radius 3 is 2.63 bits per heavy atom. The molecule has 0 aliphatic heterocycles. The molecule has 1 aliphatic carbocycles. The predicted molar refractivity (Wildman–Crippen MR) is 102 cm³/mol. The lowest BCUT2D eigenvalue weighted by Crippen LogP contribution is -2.45. The van der Waals surface area contributed by atoms with Crippen molar-refractivity contribution >= 4 is 11.0 Å². The quantitative estimate of drug-likeness (QED) is 0.503. The highest BCUT2D eigenvalue weighted by atomic mass is 16.5. The van der Waals surface area contributed by atoms with Crippen LogP contribution in [0.15, 0.2) is 53.3 Å². The Balaban J connectivity index is 1.49. The van der Waals surface area contributed by atoms with Gasteiger partial charge in [0.2, 0.25) is 11.7 Å². The van der Waals surface area contributed by atoms with Crippen LogP contribution in [0, 0.1) is 0 Å². The Kier molecular flexibility index (Phi) is 3.60. The third kappa shape index (κ3) is 2.72. The smallest absolute Gasteiger partial charge is 0.230 e. The van der Waals surface area contributed by atoms with Crippen LogP contribution < -0.4 is 11.5 Å². The van der Waals surface area contributed by atoms with Crippen molar-refractivity contribution in [3.8, 4) is 11.4 Å². The van der Waals surface area contributed by atoms with E-state index in [1.165, 1.54) is 0 Å². The highest BCUT2D eigenvalue weighted by molar-refractivity contribution is 5.75. The molecule has 0 saturated heterocycles. The van der Waals surface area contributed by atoms with E-state index >= 15 is 0 Å². The van der Waals surface area contributed by atoms with Gasteiger partial charge in [-0.05, 0) is 36.1 Å². The second-order valence-electron chi connectivity index (χ2n) is 7.12. The summed E-state index contributed by atoms with van der Waals surface area (Å²) in [6.07, 6.45) is 3.94. The van der Waals surface area contributed by atoms with Crippen LogP contribution in [0.3, 0.4) is 0 Å². The van der Waals surface area contributed by atoms with Crippen LogP contribution in [0.5, 0.6) is 0 Å². The molecule has 2 heterocycles. The van der Waals surface area contributed by atoms with Gasteiger partial charge < -0.3 is 21.0 Å². The monoisotopic (exact) mass is 360 g/mol. The number of hydrogen-bond acceptors (Lipinski definition) is 6. The van der Waals surface area contributed by atoms with Crippen molar-refractivity contribution in [3.63, 3.8) is 0 Å². The van der Waals surface area contributed by atoms with E-state index in [-0.39, 0.29) is 6.54 Å². The van der Waals surface area contributed by atoms with Gasteiger partial charge in [-0.15, -0.1) is 0 Å². The van der Waals surface area contributed by atoms with Crippen molar-refractivity contribution < 1.29 is 4.52 Å². The van der Waals surface area contributed by atoms with Crippen LogP contribution in [-0.2, 0) is 5.54 Å². The van der Waals surface area contributed by atoms with Crippen LogP contribution in [0.2, 0.25) is 0 Å². The van der Waals surface area contributed by atoms with Gasteiger partial charge in [-0.3, -0.25) is 0 Å². The number of nitrogens with two attached hydrogens (primary N) is 2. The topological polar surface area (TPSA) is 120 Å². The summed E-state index contributed by atoms with van der Waals surface area (Å²) in [6.45, 7) is 0.278. The molecular weight excluding hydrogens is 340 g/mol. The Morgan fingerprint density at radius 2 is 1.89 bits per heavy atom. The number of imidazole rings is 1. The van der Waals surface area contributed by atoms with Gasteiger partial charge in [-0.2, -0.15) is 4.98 Å². The summed E-state index contributed by atoms with van der Waals surface area (Å²) < 4.78 is 5.35. The first-order chi connectivity index (χ1) is 13.2. The van der Waals surface area contributed by atoms with Crippen molar-refractivity contribution in [3.05, 3.63) is 65.8 Å². The van der Waals surface area contributed by atoms with E-state index in [4.69, 9.17) is 16.0 Å². The molecule has 0 bridgehead atoms. The molecule has 1 fully saturated rings. The van der Waals surface area contributed by atoms with E-state index < -0.39 is 5.54 Å². The van der Waals surface area contributed by atoms with E-state index in [0.29, 0.717) is 11.7 Å². The Hall–Kier alpha value is -3.03. The van der Waals surface area contributed by atoms with E-state index in [9.17, 15) is 0 Å². The molecule has 136 valence electrons. The average molecular weight is 360 g/mol. The molecule has 7 nitrogen and oxygen atoms in total. The molecular formula is C20H20N6O. The SMILES string of the molecule is NCC(N)(c1ccc(-c2noc(C3CC3)n2)cc1)c1ccc2nc[nH]c2c1. The van der Waals surface area contributed by atoms with Gasteiger partial charge in [0.05, 0.1) is 22.9 Å². The van der Waals surface area contributed by atoms with E-state index in [0.717, 1.165) is 46.5 Å². The number of benzene rings is 2. The van der Waals surface area contributed by atoms with Gasteiger partial charge in [0.25, 0.3) is 0 Å². The lowest BCUT2D eigenvalue weighted by atomic mass is 9.83. The standard InChI is InChI=1S/C20H20N6O/c21-10-20(22,15-7-8-16-17(9-15)24-11-23-16)14-5-3-12(4-6-14)18-25-19(27-26-18)13-1-2-13/h3-9,11,13H,1-2,10,21-22H2,(H,23,24). The van der Waals surface area contributed by atoms with Crippen molar-refractivity contribution in [2.75, 3.05) is 6.54 Å². The fourth-order valence-electron chi connectivity index (χ4n) is 3.38. The van der Waals surface area contributed by atoms with Gasteiger partial charge >= 0.3 is 0 Å². The van der Waals surface area contributed by atoms with Gasteiger partial charge in [-0.25, -0.2) is 4.98 Å². The maximum Gasteiger partial charge on any atom is 0.230 e. The molecule has 0 spiro atoms. The molecule has 1 unspecified atom stereocenters. The minimum Gasteiger partial charge on any atom is -0.345 e. The van der Waals surface area contributed by atoms with Crippen molar-refractivity contribution in [2.45, 2.75) is 24.3 Å². The van der Waals surface area contributed by atoms with E-state index in [2.05, 4.69) is 20.1 Å². The maximum absolute atomic E-state index is 6.73. The summed E-state index contributed by atoms with van der Waals surface area (Å²) in [7, 11) is 0. The number of aromatic nitrogens is 4. The number of fused-ring (bicyclic) bond motifs is 1. The minimum absolute atomic E-state index is 0.278. The van der Waals surface area contributed by atoms with Crippen LogP contribution >= 0.6 is 0 Å². The molecule has 2 aromatic heterocycles. The fraction of sp³-hybridized carbons (Fsp3) is 0.250. The summed E-state index contributed by atoms with van der Waals surface area (Å²) in [4.78, 5) is 11.9. The zero-order valence-electron chi connectivity index (χ0n) is 14.7. The molecule has 1 aliphatic rings. The lowest BCUT2D eigenvalue weighted by molar-refractivity contribution is 0.380. The largest absolute Gasteiger partial charge is 0.345 e. The summed E-state index contributed by atoms with van der Waals surface area (Å²) >= 11 is 0. The molecule has 5 rings (SSSR count). The van der Waals surface area contributed by atoms with Crippen LogP contribution in [0.1, 0.15) is 35.8 Å². The minimum atomic E-state index is -0.797. The van der Waals surface area contributed by atoms with Crippen LogP contribution in [0.4, 0.5) is 0 Å². The van der Waals surface area contributed by atoms with E-state index in [1.807, 2.05) is 42.5 Å². The van der Waals surface area contributed by atoms with Crippen LogP contribution in [0.25, 0.3) is 22.4 Å². The molecule has 4 aromatic rings. The number of nitrogens with one attached hydrogen (secondary N) is 1. The molecule has 5 N–H and O–H groups in total. The summed E-state index contributed by atoms with van der Waals surface area (Å²) in [5.41, 5.74) is 16.6. The fourth-order valence-corrected chi connectivity index (χ4v) is 3.38. The van der Waals surface area contributed by atoms with Crippen molar-refractivity contribution in [1.82, 2.24) is 20.1 Å². The molecule has 7 heteroatoms. The van der Waals surface area contributed by atoms with Crippen molar-refractivity contribution in [1.29, 1.82) is 0 Å². The number of nitrogens with zero attached hydrogens (tertiary/aromatic N) is 3. The number of H-pyrrole nitrogens is 1. The molecule has 0 amide bonds. The third-order valence-corrected chi connectivity index (χ3v) is 5.28. The normalized spacial score (nSPS) is 16.5. The molecule has 2 aromatic carbocycles. The second kappa shape index (κ2) is 6.00. The summed E-state index contributed by atoms with van der Waals surface area (Å²) in [6, 6.07) is 13.8. The maximum atomic E-state index is 6.73. The zero-order valence-corrected chi connectivity index (χ0v) is 14.7. The predicted octanol–water partition coefficient (Wildman–Crippen LogP) is 2.65. The van der Waals surface area contributed by atoms with Crippen molar-refractivity contribution in [2.24, 2.45) is 11.5 Å². The highest BCUT2D eigenvalue weighted by Crippen LogP contribution is 2.39. The van der Waals surface area contributed by atoms with Gasteiger partial charge in [-0.1, -0.05) is 35.5 Å². The molecule has 1 saturated carbocycles. The Labute approximate surface area is 155 Å². The van der Waals surface area contributed by atoms with Gasteiger partial charge in [0.1, 0.15) is 0 Å². The molecule has 27 heavy (non-hydrogen) atoms. The summed E-state index contributed by atoms with van der Waals surface area (Å²) in [5, 5.41) is 4.09. The number of aromatic amines is 1. The lowest BCUT2D eigenvalue weighted by Gasteiger charge is -2.29. The Morgan fingerprint density at radius 1 is 1.11 bits per heavy atom. The highest BCUT2D eigenvalue weighted by Gasteiger charge is 2.31. The first-order valence-corrected chi connectivity index (χ1v) is 9.04. The molecule has 1 atom stereocenters. The van der Waals surface area contributed by atoms with Gasteiger partial charge in [0, 0.05) is 18.0 Å². The van der Waals surface area contributed by atoms with E-state index in [1.54, 1.807) is 6.33 Å². The van der Waals surface area contributed by atoms with Gasteiger partial charge in [0.15, 0.2) is 0 Å². The average Bonchev–Trinajstić information content (AvgIpc) is 3.26. The third-order valence-electron chi connectivity index (χ3n) is 5.28. The number of hydrogen-bond donors (Lipinski definition) is 3. The number of rotatable bonds is 5. The van der Waals surface area contributed by atoms with Crippen LogP contribution in [-0.4, -0.2) is 26.7 Å². The first-order valence-electron chi connectivity index (χ1n) is 9.04.